The van der Waals surface area contributed by atoms with Gasteiger partial charge in [0.15, 0.2) is 0 Å². The molecule has 23 heavy (non-hydrogen) atoms. The number of hydrazone groups is 1. The van der Waals surface area contributed by atoms with Gasteiger partial charge in [-0.05, 0) is 18.2 Å². The van der Waals surface area contributed by atoms with E-state index < -0.39 is 10.7 Å². The Morgan fingerprint density at radius 1 is 1.17 bits per heavy atom. The maximum Gasteiger partial charge on any atom is 0.311 e. The minimum atomic E-state index is -0.644. The van der Waals surface area contributed by atoms with Crippen LogP contribution < -0.4 is 5.43 Å². The molecule has 0 aliphatic carbocycles. The molecular formula is C16H12N4O3. The molecule has 0 saturated heterocycles. The first-order valence-electron chi connectivity index (χ1n) is 6.76. The number of phenols is 1. The van der Waals surface area contributed by atoms with E-state index in [1.807, 2.05) is 30.3 Å². The molecule has 0 bridgehead atoms. The molecule has 114 valence electrons. The molecule has 0 amide bonds. The van der Waals surface area contributed by atoms with Gasteiger partial charge in [-0.15, -0.1) is 0 Å². The van der Waals surface area contributed by atoms with Gasteiger partial charge in [0.1, 0.15) is 0 Å². The van der Waals surface area contributed by atoms with Crippen LogP contribution in [-0.4, -0.2) is 21.2 Å². The quantitative estimate of drug-likeness (QED) is 0.437. The molecule has 7 nitrogen and oxygen atoms in total. The van der Waals surface area contributed by atoms with E-state index in [0.29, 0.717) is 5.69 Å². The average molecular weight is 308 g/mol. The van der Waals surface area contributed by atoms with Gasteiger partial charge in [-0.3, -0.25) is 20.5 Å². The normalized spacial score (nSPS) is 11.0. The van der Waals surface area contributed by atoms with Crippen LogP contribution in [0.25, 0.3) is 10.9 Å². The zero-order valence-electron chi connectivity index (χ0n) is 11.9. The van der Waals surface area contributed by atoms with Crippen molar-refractivity contribution in [3.8, 4) is 5.75 Å². The summed E-state index contributed by atoms with van der Waals surface area (Å²) >= 11 is 0. The highest BCUT2D eigenvalue weighted by molar-refractivity contribution is 5.91. The number of nitrogens with zero attached hydrogens (tertiary/aromatic N) is 3. The zero-order chi connectivity index (χ0) is 16.2. The van der Waals surface area contributed by atoms with Gasteiger partial charge < -0.3 is 5.11 Å². The number of hydrogen-bond acceptors (Lipinski definition) is 6. The van der Waals surface area contributed by atoms with E-state index in [4.69, 9.17) is 0 Å². The number of nitro groups is 1. The smallest absolute Gasteiger partial charge is 0.311 e. The van der Waals surface area contributed by atoms with Crippen LogP contribution in [0.4, 0.5) is 11.4 Å². The Labute approximate surface area is 131 Å². The summed E-state index contributed by atoms with van der Waals surface area (Å²) in [6, 6.07) is 13.7. The van der Waals surface area contributed by atoms with E-state index in [9.17, 15) is 15.2 Å². The standard InChI is InChI=1S/C16H12N4O3/c21-16-12(5-2-8-14(16)20(22)23)10-18-19-13-7-1-4-11-6-3-9-17-15(11)13/h1-10,19,21H/b18-10+. The largest absolute Gasteiger partial charge is 0.502 e. The first-order chi connectivity index (χ1) is 11.2. The molecule has 2 N–H and O–H groups in total. The van der Waals surface area contributed by atoms with Crippen molar-refractivity contribution in [1.29, 1.82) is 0 Å². The van der Waals surface area contributed by atoms with E-state index >= 15 is 0 Å². The molecule has 0 atom stereocenters. The summed E-state index contributed by atoms with van der Waals surface area (Å²) in [5.74, 6) is -0.418. The third-order valence-electron chi connectivity index (χ3n) is 3.26. The van der Waals surface area contributed by atoms with Gasteiger partial charge in [0, 0.05) is 23.2 Å². The molecule has 2 aromatic carbocycles. The summed E-state index contributed by atoms with van der Waals surface area (Å²) in [6.07, 6.45) is 3.01. The van der Waals surface area contributed by atoms with Crippen LogP contribution in [0.3, 0.4) is 0 Å². The highest BCUT2D eigenvalue weighted by Crippen LogP contribution is 2.28. The molecule has 1 aromatic heterocycles. The zero-order valence-corrected chi connectivity index (χ0v) is 11.9. The van der Waals surface area contributed by atoms with Crippen molar-refractivity contribution < 1.29 is 10.0 Å². The highest BCUT2D eigenvalue weighted by atomic mass is 16.6. The van der Waals surface area contributed by atoms with Crippen LogP contribution in [0, 0.1) is 10.1 Å². The Kier molecular flexibility index (Phi) is 3.84. The van der Waals surface area contributed by atoms with Gasteiger partial charge in [0.25, 0.3) is 0 Å². The lowest BCUT2D eigenvalue weighted by atomic mass is 10.2. The Bertz CT molecular complexity index is 903. The van der Waals surface area contributed by atoms with Gasteiger partial charge in [0.2, 0.25) is 5.75 Å². The number of aromatic hydroxyl groups is 1. The van der Waals surface area contributed by atoms with Crippen LogP contribution in [0.5, 0.6) is 5.75 Å². The minimum absolute atomic E-state index is 0.250. The number of pyridine rings is 1. The lowest BCUT2D eigenvalue weighted by molar-refractivity contribution is -0.385. The second kappa shape index (κ2) is 6.10. The van der Waals surface area contributed by atoms with Crippen molar-refractivity contribution in [2.75, 3.05) is 5.43 Å². The fourth-order valence-corrected chi connectivity index (χ4v) is 2.17. The van der Waals surface area contributed by atoms with Crippen molar-refractivity contribution in [2.45, 2.75) is 0 Å². The van der Waals surface area contributed by atoms with Crippen molar-refractivity contribution >= 4 is 28.5 Å². The van der Waals surface area contributed by atoms with Gasteiger partial charge in [-0.25, -0.2) is 0 Å². The predicted octanol–water partition coefficient (Wildman–Crippen LogP) is 3.29. The second-order valence-corrected chi connectivity index (χ2v) is 4.72. The number of phenolic OH excluding ortho intramolecular Hbond substituents is 1. The fourth-order valence-electron chi connectivity index (χ4n) is 2.17. The summed E-state index contributed by atoms with van der Waals surface area (Å²) in [6.45, 7) is 0. The topological polar surface area (TPSA) is 101 Å². The monoisotopic (exact) mass is 308 g/mol. The number of para-hydroxylation sites is 2. The van der Waals surface area contributed by atoms with Crippen LogP contribution in [0.1, 0.15) is 5.56 Å². The number of fused-ring (bicyclic) bond motifs is 1. The van der Waals surface area contributed by atoms with E-state index in [1.165, 1.54) is 24.4 Å². The van der Waals surface area contributed by atoms with Crippen LogP contribution in [-0.2, 0) is 0 Å². The lowest BCUT2D eigenvalue weighted by Gasteiger charge is -2.04. The summed E-state index contributed by atoms with van der Waals surface area (Å²) in [4.78, 5) is 14.4. The molecule has 0 spiro atoms. The van der Waals surface area contributed by atoms with Gasteiger partial charge in [-0.2, -0.15) is 5.10 Å². The number of rotatable bonds is 4. The number of hydrogen-bond donors (Lipinski definition) is 2. The third kappa shape index (κ3) is 2.93. The number of aromatic nitrogens is 1. The Hall–Kier alpha value is -3.48. The number of nitrogens with one attached hydrogen (secondary N) is 1. The molecule has 3 aromatic rings. The van der Waals surface area contributed by atoms with Crippen molar-refractivity contribution in [2.24, 2.45) is 5.10 Å². The lowest BCUT2D eigenvalue weighted by Crippen LogP contribution is -1.95. The van der Waals surface area contributed by atoms with Gasteiger partial charge in [-0.1, -0.05) is 24.3 Å². The molecule has 0 fully saturated rings. The average Bonchev–Trinajstić information content (AvgIpc) is 2.56. The summed E-state index contributed by atoms with van der Waals surface area (Å²) in [5, 5.41) is 25.6. The third-order valence-corrected chi connectivity index (χ3v) is 3.26. The molecule has 0 aliphatic rings. The predicted molar refractivity (Wildman–Crippen MR) is 87.7 cm³/mol. The maximum atomic E-state index is 10.8. The minimum Gasteiger partial charge on any atom is -0.502 e. The van der Waals surface area contributed by atoms with Crippen molar-refractivity contribution in [1.82, 2.24) is 4.98 Å². The molecule has 0 saturated carbocycles. The van der Waals surface area contributed by atoms with Crippen LogP contribution in [0.15, 0.2) is 59.8 Å². The SMILES string of the molecule is O=[N+]([O-])c1cccc(/C=N/Nc2cccc3cccnc23)c1O. The number of benzene rings is 2. The summed E-state index contributed by atoms with van der Waals surface area (Å²) in [5.41, 5.74) is 4.19. The second-order valence-electron chi connectivity index (χ2n) is 4.72. The molecule has 0 radical (unpaired) electrons. The van der Waals surface area contributed by atoms with Crippen LogP contribution in [0.2, 0.25) is 0 Å². The first-order valence-corrected chi connectivity index (χ1v) is 6.76. The molecule has 7 heteroatoms. The summed E-state index contributed by atoms with van der Waals surface area (Å²) < 4.78 is 0. The van der Waals surface area contributed by atoms with Crippen molar-refractivity contribution in [3.05, 3.63) is 70.4 Å². The Morgan fingerprint density at radius 2 is 1.96 bits per heavy atom. The fraction of sp³-hybridized carbons (Fsp3) is 0. The number of anilines is 1. The maximum absolute atomic E-state index is 10.8. The van der Waals surface area contributed by atoms with E-state index in [2.05, 4.69) is 15.5 Å². The first kappa shape index (κ1) is 14.5. The Morgan fingerprint density at radius 3 is 2.78 bits per heavy atom. The van der Waals surface area contributed by atoms with Gasteiger partial charge in [0.05, 0.1) is 22.3 Å². The van der Waals surface area contributed by atoms with Gasteiger partial charge >= 0.3 is 5.69 Å². The summed E-state index contributed by atoms with van der Waals surface area (Å²) in [7, 11) is 0. The molecule has 0 aliphatic heterocycles. The molecular weight excluding hydrogens is 296 g/mol. The van der Waals surface area contributed by atoms with E-state index in [-0.39, 0.29) is 11.3 Å². The molecule has 0 unspecified atom stereocenters. The number of nitro benzene ring substituents is 1. The highest BCUT2D eigenvalue weighted by Gasteiger charge is 2.14. The van der Waals surface area contributed by atoms with E-state index in [0.717, 1.165) is 10.9 Å². The van der Waals surface area contributed by atoms with Crippen molar-refractivity contribution in [3.63, 3.8) is 0 Å². The van der Waals surface area contributed by atoms with E-state index in [1.54, 1.807) is 6.20 Å². The van der Waals surface area contributed by atoms with Crippen LogP contribution >= 0.6 is 0 Å². The Balaban J connectivity index is 1.87. The molecule has 3 rings (SSSR count). The molecule has 1 heterocycles.